The van der Waals surface area contributed by atoms with Crippen LogP contribution >= 0.6 is 0 Å². The van der Waals surface area contributed by atoms with Gasteiger partial charge in [0.1, 0.15) is 0 Å². The van der Waals surface area contributed by atoms with Crippen LogP contribution in [0.15, 0.2) is 218 Å². The molecule has 1 atom stereocenters. The van der Waals surface area contributed by atoms with Crippen LogP contribution in [0.5, 0.6) is 0 Å². The van der Waals surface area contributed by atoms with Gasteiger partial charge in [0.05, 0.1) is 0 Å². The van der Waals surface area contributed by atoms with Gasteiger partial charge in [-0.25, -0.2) is 0 Å². The molecule has 1 aliphatic carbocycles. The molecule has 0 heteroatoms. The van der Waals surface area contributed by atoms with Crippen LogP contribution in [0, 0.1) is 5.92 Å². The van der Waals surface area contributed by atoms with Crippen molar-refractivity contribution in [3.63, 3.8) is 0 Å². The SMILES string of the molecule is C1=CC(C=C(c2ccccc2)c2ccccc2)CC=C1c1c2ccccc2c(-c2ccc(C=C(c3ccccc3)c3ccccc3)cc2)c2ccccc12. The lowest BCUT2D eigenvalue weighted by molar-refractivity contribution is 0.827. The molecule has 54 heavy (non-hydrogen) atoms. The van der Waals surface area contributed by atoms with Crippen molar-refractivity contribution in [2.45, 2.75) is 6.42 Å². The summed E-state index contributed by atoms with van der Waals surface area (Å²) in [6.45, 7) is 0. The summed E-state index contributed by atoms with van der Waals surface area (Å²) in [7, 11) is 0. The second kappa shape index (κ2) is 15.1. The highest BCUT2D eigenvalue weighted by Gasteiger charge is 2.19. The van der Waals surface area contributed by atoms with Gasteiger partial charge in [0.2, 0.25) is 0 Å². The highest BCUT2D eigenvalue weighted by Crippen LogP contribution is 2.43. The average molecular weight is 689 g/mol. The molecule has 0 nitrogen and oxygen atoms in total. The van der Waals surface area contributed by atoms with Crippen LogP contribution in [0.25, 0.3) is 55.5 Å². The van der Waals surface area contributed by atoms with Crippen molar-refractivity contribution in [3.05, 3.63) is 252 Å². The van der Waals surface area contributed by atoms with E-state index in [9.17, 15) is 0 Å². The van der Waals surface area contributed by atoms with E-state index in [0.717, 1.165) is 6.42 Å². The zero-order chi connectivity index (χ0) is 36.1. The highest BCUT2D eigenvalue weighted by atomic mass is 14.2. The summed E-state index contributed by atoms with van der Waals surface area (Å²) in [6.07, 6.45) is 12.9. The first kappa shape index (κ1) is 33.1. The van der Waals surface area contributed by atoms with Crippen molar-refractivity contribution in [3.8, 4) is 11.1 Å². The Morgan fingerprint density at radius 2 is 0.815 bits per heavy atom. The fourth-order valence-electron chi connectivity index (χ4n) is 7.99. The summed E-state index contributed by atoms with van der Waals surface area (Å²) in [4.78, 5) is 0. The molecule has 0 N–H and O–H groups in total. The van der Waals surface area contributed by atoms with Crippen LogP contribution in [-0.4, -0.2) is 0 Å². The number of benzene rings is 8. The average Bonchev–Trinajstić information content (AvgIpc) is 3.25. The third-order valence-electron chi connectivity index (χ3n) is 10.6. The van der Waals surface area contributed by atoms with E-state index in [1.165, 1.54) is 82.8 Å². The first-order valence-electron chi connectivity index (χ1n) is 18.9. The summed E-state index contributed by atoms with van der Waals surface area (Å²) < 4.78 is 0. The first-order chi connectivity index (χ1) is 26.8. The number of fused-ring (bicyclic) bond motifs is 2. The van der Waals surface area contributed by atoms with Crippen molar-refractivity contribution < 1.29 is 0 Å². The van der Waals surface area contributed by atoms with Gasteiger partial charge in [-0.1, -0.05) is 218 Å². The molecule has 0 amide bonds. The van der Waals surface area contributed by atoms with Gasteiger partial charge < -0.3 is 0 Å². The van der Waals surface area contributed by atoms with Crippen molar-refractivity contribution in [1.82, 2.24) is 0 Å². The first-order valence-corrected chi connectivity index (χ1v) is 18.9. The molecule has 8 aromatic rings. The van der Waals surface area contributed by atoms with Crippen LogP contribution in [0.1, 0.15) is 39.8 Å². The van der Waals surface area contributed by atoms with E-state index >= 15 is 0 Å². The van der Waals surface area contributed by atoms with Gasteiger partial charge in [-0.3, -0.25) is 0 Å². The maximum Gasteiger partial charge on any atom is -0.000588 e. The monoisotopic (exact) mass is 688 g/mol. The summed E-state index contributed by atoms with van der Waals surface area (Å²) in [6, 6.07) is 69.9. The molecule has 0 saturated carbocycles. The smallest absolute Gasteiger partial charge is 0.000588 e. The number of hydrogen-bond acceptors (Lipinski definition) is 0. The molecular formula is C54H40. The number of hydrogen-bond donors (Lipinski definition) is 0. The van der Waals surface area contributed by atoms with E-state index in [4.69, 9.17) is 0 Å². The number of allylic oxidation sites excluding steroid dienone is 5. The Kier molecular flexibility index (Phi) is 9.24. The molecule has 0 bridgehead atoms. The Hall–Kier alpha value is -6.76. The van der Waals surface area contributed by atoms with Crippen LogP contribution < -0.4 is 0 Å². The summed E-state index contributed by atoms with van der Waals surface area (Å²) >= 11 is 0. The Labute approximate surface area is 318 Å². The minimum atomic E-state index is 0.304. The van der Waals surface area contributed by atoms with E-state index in [-0.39, 0.29) is 0 Å². The molecule has 0 aliphatic heterocycles. The van der Waals surface area contributed by atoms with Crippen molar-refractivity contribution >= 4 is 44.3 Å². The standard InChI is InChI=1S/C54H40/c1-5-17-41(18-6-1)51(42-19-7-2-8-20-42)37-39-29-33-45(34-30-39)53-47-25-13-15-27-49(47)54(50-28-16-14-26-48(50)53)46-35-31-40(32-36-46)38-52(43-21-9-3-10-22-43)44-23-11-4-12-24-44/h1-31,33-38,40H,32H2. The van der Waals surface area contributed by atoms with Crippen LogP contribution in [0.2, 0.25) is 0 Å². The largest absolute Gasteiger partial charge is 0.0767 e. The third kappa shape index (κ3) is 6.67. The zero-order valence-electron chi connectivity index (χ0n) is 30.1. The second-order valence-electron chi connectivity index (χ2n) is 14.0. The van der Waals surface area contributed by atoms with E-state index in [2.05, 4.69) is 225 Å². The van der Waals surface area contributed by atoms with E-state index in [1.54, 1.807) is 0 Å². The quantitative estimate of drug-likeness (QED) is 0.110. The predicted molar refractivity (Wildman–Crippen MR) is 232 cm³/mol. The minimum absolute atomic E-state index is 0.304. The fourth-order valence-corrected chi connectivity index (χ4v) is 7.99. The molecule has 0 saturated heterocycles. The molecule has 0 fully saturated rings. The molecule has 9 rings (SSSR count). The van der Waals surface area contributed by atoms with Crippen molar-refractivity contribution in [1.29, 1.82) is 0 Å². The molecule has 0 spiro atoms. The minimum Gasteiger partial charge on any atom is -0.0767 e. The maximum atomic E-state index is 2.45. The van der Waals surface area contributed by atoms with Crippen molar-refractivity contribution in [2.75, 3.05) is 0 Å². The summed E-state index contributed by atoms with van der Waals surface area (Å²) in [5, 5.41) is 5.11. The predicted octanol–water partition coefficient (Wildman–Crippen LogP) is 14.3. The van der Waals surface area contributed by atoms with Gasteiger partial charge >= 0.3 is 0 Å². The molecule has 0 aromatic heterocycles. The Morgan fingerprint density at radius 1 is 0.407 bits per heavy atom. The molecule has 1 unspecified atom stereocenters. The molecule has 256 valence electrons. The summed E-state index contributed by atoms with van der Waals surface area (Å²) in [5.74, 6) is 0.304. The molecule has 1 aliphatic rings. The van der Waals surface area contributed by atoms with Gasteiger partial charge in [-0.2, -0.15) is 0 Å². The van der Waals surface area contributed by atoms with E-state index in [1.807, 2.05) is 0 Å². The van der Waals surface area contributed by atoms with E-state index in [0.29, 0.717) is 5.92 Å². The van der Waals surface area contributed by atoms with Gasteiger partial charge in [0.15, 0.2) is 0 Å². The zero-order valence-corrected chi connectivity index (χ0v) is 30.1. The Balaban J connectivity index is 1.10. The fraction of sp³-hybridized carbons (Fsp3) is 0.0370. The highest BCUT2D eigenvalue weighted by molar-refractivity contribution is 6.19. The van der Waals surface area contributed by atoms with Gasteiger partial charge in [0.25, 0.3) is 0 Å². The van der Waals surface area contributed by atoms with Crippen LogP contribution in [0.4, 0.5) is 0 Å². The lowest BCUT2D eigenvalue weighted by Crippen LogP contribution is -2.00. The molecular weight excluding hydrogens is 649 g/mol. The molecule has 0 heterocycles. The topological polar surface area (TPSA) is 0 Å². The Bertz CT molecular complexity index is 2540. The Morgan fingerprint density at radius 3 is 1.24 bits per heavy atom. The normalized spacial score (nSPS) is 13.7. The maximum absolute atomic E-state index is 2.45. The van der Waals surface area contributed by atoms with Crippen LogP contribution in [0.3, 0.4) is 0 Å². The van der Waals surface area contributed by atoms with Gasteiger partial charge in [-0.15, -0.1) is 0 Å². The molecule has 8 aromatic carbocycles. The van der Waals surface area contributed by atoms with Crippen LogP contribution in [-0.2, 0) is 0 Å². The van der Waals surface area contributed by atoms with Crippen molar-refractivity contribution in [2.24, 2.45) is 5.92 Å². The van der Waals surface area contributed by atoms with Gasteiger partial charge in [0, 0.05) is 0 Å². The van der Waals surface area contributed by atoms with Gasteiger partial charge in [-0.05, 0) is 101 Å². The second-order valence-corrected chi connectivity index (χ2v) is 14.0. The lowest BCUT2D eigenvalue weighted by atomic mass is 9.83. The third-order valence-corrected chi connectivity index (χ3v) is 10.6. The number of rotatable bonds is 8. The van der Waals surface area contributed by atoms with E-state index < -0.39 is 0 Å². The summed E-state index contributed by atoms with van der Waals surface area (Å²) in [5.41, 5.74) is 13.7. The lowest BCUT2D eigenvalue weighted by Gasteiger charge is -2.21. The molecule has 0 radical (unpaired) electrons.